The number of nitrogens with zero attached hydrogens (tertiary/aromatic N) is 1. The van der Waals surface area contributed by atoms with Crippen molar-refractivity contribution in [3.63, 3.8) is 0 Å². The molecule has 2 unspecified atom stereocenters. The van der Waals surface area contributed by atoms with Gasteiger partial charge in [-0.3, -0.25) is 4.90 Å². The number of hydrogen-bond donors (Lipinski definition) is 1. The molecule has 1 N–H and O–H groups in total. The van der Waals surface area contributed by atoms with Crippen molar-refractivity contribution in [2.24, 2.45) is 0 Å². The molecule has 3 nitrogen and oxygen atoms in total. The lowest BCUT2D eigenvalue weighted by Gasteiger charge is -2.39. The van der Waals surface area contributed by atoms with E-state index in [0.717, 1.165) is 17.8 Å². The highest BCUT2D eigenvalue weighted by Gasteiger charge is 2.40. The molecule has 1 saturated carbocycles. The number of rotatable bonds is 4. The van der Waals surface area contributed by atoms with E-state index in [1.165, 1.54) is 50.8 Å². The second kappa shape index (κ2) is 5.62. The zero-order valence-corrected chi connectivity index (χ0v) is 12.9. The summed E-state index contributed by atoms with van der Waals surface area (Å²) in [7, 11) is 1.78. The van der Waals surface area contributed by atoms with Gasteiger partial charge in [0.25, 0.3) is 0 Å². The summed E-state index contributed by atoms with van der Waals surface area (Å²) in [5.74, 6) is 1.74. The monoisotopic (exact) mass is 286 g/mol. The molecule has 2 atom stereocenters. The Morgan fingerprint density at radius 3 is 2.86 bits per heavy atom. The van der Waals surface area contributed by atoms with Gasteiger partial charge in [0.1, 0.15) is 5.75 Å². The topological polar surface area (TPSA) is 24.5 Å². The maximum absolute atomic E-state index is 5.50. The van der Waals surface area contributed by atoms with Crippen molar-refractivity contribution in [2.75, 3.05) is 20.2 Å². The van der Waals surface area contributed by atoms with Gasteiger partial charge >= 0.3 is 0 Å². The Balaban J connectivity index is 1.33. The summed E-state index contributed by atoms with van der Waals surface area (Å²) in [6.07, 6.45) is 6.69. The highest BCUT2D eigenvalue weighted by Crippen LogP contribution is 2.42. The van der Waals surface area contributed by atoms with Crippen LogP contribution in [-0.4, -0.2) is 43.2 Å². The fourth-order valence-electron chi connectivity index (χ4n) is 4.59. The minimum absolute atomic E-state index is 0.680. The standard InChI is InChI=1S/C18H26N2O/c1-21-18-7-3-2-5-15(18)13-11-14(12-13)19-16-8-10-20-9-4-6-17(16)20/h2-3,5,7,13-14,16-17,19H,4,6,8-12H2,1H3. The highest BCUT2D eigenvalue weighted by molar-refractivity contribution is 5.37. The van der Waals surface area contributed by atoms with E-state index in [0.29, 0.717) is 12.0 Å². The molecule has 0 aromatic heterocycles. The largest absolute Gasteiger partial charge is 0.496 e. The zero-order chi connectivity index (χ0) is 14.2. The van der Waals surface area contributed by atoms with Gasteiger partial charge in [-0.2, -0.15) is 0 Å². The molecule has 0 radical (unpaired) electrons. The predicted molar refractivity (Wildman–Crippen MR) is 84.9 cm³/mol. The van der Waals surface area contributed by atoms with Crippen molar-refractivity contribution in [2.45, 2.75) is 56.1 Å². The van der Waals surface area contributed by atoms with Crippen molar-refractivity contribution in [3.8, 4) is 5.75 Å². The van der Waals surface area contributed by atoms with Crippen molar-refractivity contribution in [3.05, 3.63) is 29.8 Å². The lowest BCUT2D eigenvalue weighted by atomic mass is 9.75. The molecule has 1 aromatic rings. The van der Waals surface area contributed by atoms with Gasteiger partial charge in [0.15, 0.2) is 0 Å². The Hall–Kier alpha value is -1.06. The Kier molecular flexibility index (Phi) is 3.64. The molecule has 4 rings (SSSR count). The van der Waals surface area contributed by atoms with Crippen LogP contribution in [-0.2, 0) is 0 Å². The highest BCUT2D eigenvalue weighted by atomic mass is 16.5. The number of para-hydroxylation sites is 1. The molecule has 0 amide bonds. The molecule has 1 aliphatic carbocycles. The third-order valence-corrected chi connectivity index (χ3v) is 5.77. The van der Waals surface area contributed by atoms with Gasteiger partial charge in [-0.05, 0) is 56.2 Å². The SMILES string of the molecule is COc1ccccc1C1CC(NC2CCN3CCCC23)C1. The van der Waals surface area contributed by atoms with Crippen LogP contribution in [0.5, 0.6) is 5.75 Å². The van der Waals surface area contributed by atoms with Crippen LogP contribution in [0.4, 0.5) is 0 Å². The van der Waals surface area contributed by atoms with Gasteiger partial charge in [-0.25, -0.2) is 0 Å². The fourth-order valence-corrected chi connectivity index (χ4v) is 4.59. The van der Waals surface area contributed by atoms with E-state index in [1.54, 1.807) is 7.11 Å². The number of nitrogens with one attached hydrogen (secondary N) is 1. The average molecular weight is 286 g/mol. The molecule has 21 heavy (non-hydrogen) atoms. The first-order valence-electron chi connectivity index (χ1n) is 8.48. The van der Waals surface area contributed by atoms with Crippen LogP contribution < -0.4 is 10.1 Å². The number of methoxy groups -OCH3 is 1. The zero-order valence-electron chi connectivity index (χ0n) is 12.9. The summed E-state index contributed by atoms with van der Waals surface area (Å²) < 4.78 is 5.50. The second-order valence-electron chi connectivity index (χ2n) is 6.91. The lowest BCUT2D eigenvalue weighted by molar-refractivity contribution is 0.231. The molecule has 2 saturated heterocycles. The average Bonchev–Trinajstić information content (AvgIpc) is 3.06. The van der Waals surface area contributed by atoms with E-state index >= 15 is 0 Å². The summed E-state index contributed by atoms with van der Waals surface area (Å²) in [5.41, 5.74) is 1.40. The van der Waals surface area contributed by atoms with Gasteiger partial charge in [-0.1, -0.05) is 18.2 Å². The van der Waals surface area contributed by atoms with Crippen molar-refractivity contribution in [1.29, 1.82) is 0 Å². The number of fused-ring (bicyclic) bond motifs is 1. The molecule has 1 aromatic carbocycles. The number of hydrogen-bond acceptors (Lipinski definition) is 3. The van der Waals surface area contributed by atoms with E-state index in [4.69, 9.17) is 4.74 Å². The van der Waals surface area contributed by atoms with E-state index in [9.17, 15) is 0 Å². The Morgan fingerprint density at radius 1 is 1.14 bits per heavy atom. The molecule has 3 aliphatic rings. The predicted octanol–water partition coefficient (Wildman–Crippen LogP) is 2.77. The van der Waals surface area contributed by atoms with Gasteiger partial charge < -0.3 is 10.1 Å². The first-order chi connectivity index (χ1) is 10.3. The van der Waals surface area contributed by atoms with Gasteiger partial charge in [0.2, 0.25) is 0 Å². The maximum Gasteiger partial charge on any atom is 0.122 e. The first kappa shape index (κ1) is 13.6. The maximum atomic E-state index is 5.50. The molecular weight excluding hydrogens is 260 g/mol. The van der Waals surface area contributed by atoms with E-state index in [-0.39, 0.29) is 0 Å². The third kappa shape index (κ3) is 2.47. The summed E-state index contributed by atoms with van der Waals surface area (Å²) in [5, 5.41) is 3.94. The summed E-state index contributed by atoms with van der Waals surface area (Å²) in [4.78, 5) is 2.69. The van der Waals surface area contributed by atoms with Crippen molar-refractivity contribution < 1.29 is 4.74 Å². The molecule has 0 spiro atoms. The molecule has 3 fully saturated rings. The van der Waals surface area contributed by atoms with Crippen LogP contribution in [0, 0.1) is 0 Å². The minimum atomic E-state index is 0.680. The van der Waals surface area contributed by atoms with Gasteiger partial charge in [-0.15, -0.1) is 0 Å². The molecular formula is C18H26N2O. The number of ether oxygens (including phenoxy) is 1. The quantitative estimate of drug-likeness (QED) is 0.921. The Labute approximate surface area is 127 Å². The molecule has 3 heteroatoms. The second-order valence-corrected chi connectivity index (χ2v) is 6.91. The Morgan fingerprint density at radius 2 is 2.00 bits per heavy atom. The first-order valence-corrected chi connectivity index (χ1v) is 8.48. The molecule has 114 valence electrons. The number of benzene rings is 1. The smallest absolute Gasteiger partial charge is 0.122 e. The van der Waals surface area contributed by atoms with Crippen molar-refractivity contribution in [1.82, 2.24) is 10.2 Å². The molecule has 2 aliphatic heterocycles. The van der Waals surface area contributed by atoms with Crippen LogP contribution >= 0.6 is 0 Å². The summed E-state index contributed by atoms with van der Waals surface area (Å²) >= 11 is 0. The van der Waals surface area contributed by atoms with E-state index in [1.807, 2.05) is 0 Å². The summed E-state index contributed by atoms with van der Waals surface area (Å²) in [6.45, 7) is 2.64. The molecule has 2 heterocycles. The lowest BCUT2D eigenvalue weighted by Crippen LogP contribution is -2.49. The van der Waals surface area contributed by atoms with E-state index in [2.05, 4.69) is 34.5 Å². The van der Waals surface area contributed by atoms with Gasteiger partial charge in [0.05, 0.1) is 7.11 Å². The van der Waals surface area contributed by atoms with E-state index < -0.39 is 0 Å². The molecule has 0 bridgehead atoms. The van der Waals surface area contributed by atoms with Gasteiger partial charge in [0, 0.05) is 24.7 Å². The van der Waals surface area contributed by atoms with Crippen LogP contribution in [0.25, 0.3) is 0 Å². The third-order valence-electron chi connectivity index (χ3n) is 5.77. The van der Waals surface area contributed by atoms with Crippen molar-refractivity contribution >= 4 is 0 Å². The summed E-state index contributed by atoms with van der Waals surface area (Å²) in [6, 6.07) is 10.8. The van der Waals surface area contributed by atoms with Crippen LogP contribution in [0.2, 0.25) is 0 Å². The van der Waals surface area contributed by atoms with Crippen LogP contribution in [0.1, 0.15) is 43.6 Å². The minimum Gasteiger partial charge on any atom is -0.496 e. The fraction of sp³-hybridized carbons (Fsp3) is 0.667. The van der Waals surface area contributed by atoms with Crippen LogP contribution in [0.3, 0.4) is 0 Å². The van der Waals surface area contributed by atoms with Crippen LogP contribution in [0.15, 0.2) is 24.3 Å². The Bertz CT molecular complexity index is 498. The normalized spacial score (nSPS) is 35.5.